The van der Waals surface area contributed by atoms with Gasteiger partial charge in [0.15, 0.2) is 5.65 Å². The average molecular weight is 316 g/mol. The molecular formula is C16H20N4O3. The summed E-state index contributed by atoms with van der Waals surface area (Å²) in [6, 6.07) is 5.28. The molecule has 0 aromatic carbocycles. The summed E-state index contributed by atoms with van der Waals surface area (Å²) in [5.74, 6) is 0.426. The number of fused-ring (bicyclic) bond motifs is 1. The standard InChI is InChI=1S/C16H20N4O3/c21-15(17-11-12-6-9-23-10-7-12)5-4-13-16(22)20-8-2-1-3-14(20)19-18-13/h1-3,8,12H,4-7,9-11H2,(H,17,21). The molecule has 0 saturated carbocycles. The molecule has 1 aliphatic rings. The highest BCUT2D eigenvalue weighted by Gasteiger charge is 2.15. The van der Waals surface area contributed by atoms with Crippen molar-refractivity contribution < 1.29 is 9.53 Å². The Labute approximate surface area is 133 Å². The molecule has 7 nitrogen and oxygen atoms in total. The van der Waals surface area contributed by atoms with Crippen LogP contribution in [0.15, 0.2) is 29.2 Å². The van der Waals surface area contributed by atoms with E-state index >= 15 is 0 Å². The molecule has 1 fully saturated rings. The van der Waals surface area contributed by atoms with Crippen LogP contribution in [0.25, 0.3) is 5.65 Å². The predicted octanol–water partition coefficient (Wildman–Crippen LogP) is 0.565. The Balaban J connectivity index is 1.54. The van der Waals surface area contributed by atoms with Crippen molar-refractivity contribution in [1.29, 1.82) is 0 Å². The van der Waals surface area contributed by atoms with Crippen molar-refractivity contribution in [2.75, 3.05) is 19.8 Å². The highest BCUT2D eigenvalue weighted by atomic mass is 16.5. The number of rotatable bonds is 5. The summed E-state index contributed by atoms with van der Waals surface area (Å²) >= 11 is 0. The highest BCUT2D eigenvalue weighted by molar-refractivity contribution is 5.76. The lowest BCUT2D eigenvalue weighted by Gasteiger charge is -2.22. The third-order valence-corrected chi connectivity index (χ3v) is 4.09. The van der Waals surface area contributed by atoms with Crippen LogP contribution < -0.4 is 10.9 Å². The quantitative estimate of drug-likeness (QED) is 0.871. The molecule has 0 bridgehead atoms. The fourth-order valence-corrected chi connectivity index (χ4v) is 2.67. The van der Waals surface area contributed by atoms with Crippen LogP contribution in [0.5, 0.6) is 0 Å². The Morgan fingerprint density at radius 2 is 2.13 bits per heavy atom. The molecule has 0 spiro atoms. The molecule has 1 saturated heterocycles. The number of aryl methyl sites for hydroxylation is 1. The first-order chi connectivity index (χ1) is 11.2. The van der Waals surface area contributed by atoms with Gasteiger partial charge < -0.3 is 10.1 Å². The zero-order chi connectivity index (χ0) is 16.1. The zero-order valence-electron chi connectivity index (χ0n) is 12.9. The molecule has 1 aliphatic heterocycles. The van der Waals surface area contributed by atoms with E-state index in [1.807, 2.05) is 0 Å². The van der Waals surface area contributed by atoms with Crippen molar-refractivity contribution in [1.82, 2.24) is 19.9 Å². The molecule has 0 atom stereocenters. The SMILES string of the molecule is O=C(CCc1nnc2ccccn2c1=O)NCC1CCOCC1. The largest absolute Gasteiger partial charge is 0.381 e. The second-order valence-corrected chi connectivity index (χ2v) is 5.74. The monoisotopic (exact) mass is 316 g/mol. The Bertz CT molecular complexity index is 737. The van der Waals surface area contributed by atoms with Gasteiger partial charge in [-0.3, -0.25) is 14.0 Å². The predicted molar refractivity (Wildman–Crippen MR) is 84.1 cm³/mol. The van der Waals surface area contributed by atoms with E-state index in [1.54, 1.807) is 24.4 Å². The average Bonchev–Trinajstić information content (AvgIpc) is 2.60. The van der Waals surface area contributed by atoms with Gasteiger partial charge in [-0.1, -0.05) is 6.07 Å². The Morgan fingerprint density at radius 3 is 2.96 bits per heavy atom. The van der Waals surface area contributed by atoms with Crippen molar-refractivity contribution >= 4 is 11.6 Å². The summed E-state index contributed by atoms with van der Waals surface area (Å²) < 4.78 is 6.74. The van der Waals surface area contributed by atoms with Gasteiger partial charge >= 0.3 is 0 Å². The molecule has 2 aromatic rings. The van der Waals surface area contributed by atoms with Crippen molar-refractivity contribution in [3.63, 3.8) is 0 Å². The fraction of sp³-hybridized carbons (Fsp3) is 0.500. The third kappa shape index (κ3) is 3.92. The maximum absolute atomic E-state index is 12.3. The number of carbonyl (C=O) groups is 1. The van der Waals surface area contributed by atoms with Gasteiger partial charge in [0.2, 0.25) is 5.91 Å². The topological polar surface area (TPSA) is 85.6 Å². The Morgan fingerprint density at radius 1 is 1.30 bits per heavy atom. The van der Waals surface area contributed by atoms with Crippen LogP contribution in [-0.4, -0.2) is 40.3 Å². The van der Waals surface area contributed by atoms with Crippen molar-refractivity contribution in [3.8, 4) is 0 Å². The van der Waals surface area contributed by atoms with E-state index in [2.05, 4.69) is 15.5 Å². The van der Waals surface area contributed by atoms with Gasteiger partial charge in [0, 0.05) is 38.8 Å². The van der Waals surface area contributed by atoms with Gasteiger partial charge in [-0.25, -0.2) is 0 Å². The van der Waals surface area contributed by atoms with Gasteiger partial charge in [-0.2, -0.15) is 0 Å². The summed E-state index contributed by atoms with van der Waals surface area (Å²) in [6.45, 7) is 2.21. The molecule has 0 unspecified atom stereocenters. The fourth-order valence-electron chi connectivity index (χ4n) is 2.67. The summed E-state index contributed by atoms with van der Waals surface area (Å²) in [5.41, 5.74) is 0.605. The van der Waals surface area contributed by atoms with Gasteiger partial charge in [0.05, 0.1) is 0 Å². The van der Waals surface area contributed by atoms with Crippen LogP contribution in [-0.2, 0) is 16.0 Å². The first kappa shape index (κ1) is 15.6. The maximum atomic E-state index is 12.3. The molecule has 1 amide bonds. The van der Waals surface area contributed by atoms with Crippen molar-refractivity contribution in [2.45, 2.75) is 25.7 Å². The summed E-state index contributed by atoms with van der Waals surface area (Å²) in [7, 11) is 0. The normalized spacial score (nSPS) is 15.7. The van der Waals surface area contributed by atoms with E-state index in [-0.39, 0.29) is 17.9 Å². The Kier molecular flexibility index (Phi) is 4.97. The molecule has 3 heterocycles. The molecule has 2 aromatic heterocycles. The zero-order valence-corrected chi connectivity index (χ0v) is 12.9. The molecule has 122 valence electrons. The second kappa shape index (κ2) is 7.32. The smallest absolute Gasteiger partial charge is 0.279 e. The Hall–Kier alpha value is -2.28. The minimum Gasteiger partial charge on any atom is -0.381 e. The van der Waals surface area contributed by atoms with E-state index in [4.69, 9.17) is 4.74 Å². The number of hydrogen-bond donors (Lipinski definition) is 1. The lowest BCUT2D eigenvalue weighted by Crippen LogP contribution is -2.32. The van der Waals surface area contributed by atoms with Crippen LogP contribution in [0.1, 0.15) is 25.0 Å². The number of nitrogens with zero attached hydrogens (tertiary/aromatic N) is 3. The summed E-state index contributed by atoms with van der Waals surface area (Å²) in [6.07, 6.45) is 4.16. The van der Waals surface area contributed by atoms with E-state index < -0.39 is 0 Å². The van der Waals surface area contributed by atoms with Gasteiger partial charge in [0.1, 0.15) is 5.69 Å². The summed E-state index contributed by atoms with van der Waals surface area (Å²) in [4.78, 5) is 24.2. The van der Waals surface area contributed by atoms with Crippen LogP contribution in [0.3, 0.4) is 0 Å². The minimum absolute atomic E-state index is 0.0594. The maximum Gasteiger partial charge on any atom is 0.279 e. The number of hydrogen-bond acceptors (Lipinski definition) is 5. The number of aromatic nitrogens is 3. The molecule has 0 radical (unpaired) electrons. The number of nitrogens with one attached hydrogen (secondary N) is 1. The first-order valence-electron chi connectivity index (χ1n) is 7.91. The lowest BCUT2D eigenvalue weighted by molar-refractivity contribution is -0.121. The summed E-state index contributed by atoms with van der Waals surface area (Å²) in [5, 5.41) is 10.9. The molecule has 0 aliphatic carbocycles. The number of ether oxygens (including phenoxy) is 1. The molecule has 23 heavy (non-hydrogen) atoms. The van der Waals surface area contributed by atoms with Crippen LogP contribution in [0, 0.1) is 5.92 Å². The lowest BCUT2D eigenvalue weighted by atomic mass is 10.0. The van der Waals surface area contributed by atoms with Gasteiger partial charge in [-0.05, 0) is 30.9 Å². The van der Waals surface area contributed by atoms with E-state index in [1.165, 1.54) is 4.40 Å². The van der Waals surface area contributed by atoms with E-state index in [0.29, 0.717) is 30.2 Å². The van der Waals surface area contributed by atoms with Crippen molar-refractivity contribution in [3.05, 3.63) is 40.4 Å². The van der Waals surface area contributed by atoms with Crippen LogP contribution >= 0.6 is 0 Å². The second-order valence-electron chi connectivity index (χ2n) is 5.74. The molecule has 1 N–H and O–H groups in total. The van der Waals surface area contributed by atoms with Crippen LogP contribution in [0.4, 0.5) is 0 Å². The van der Waals surface area contributed by atoms with E-state index in [0.717, 1.165) is 26.1 Å². The third-order valence-electron chi connectivity index (χ3n) is 4.09. The van der Waals surface area contributed by atoms with Gasteiger partial charge in [0.25, 0.3) is 5.56 Å². The van der Waals surface area contributed by atoms with E-state index in [9.17, 15) is 9.59 Å². The van der Waals surface area contributed by atoms with Crippen LogP contribution in [0.2, 0.25) is 0 Å². The minimum atomic E-state index is -0.215. The van der Waals surface area contributed by atoms with Gasteiger partial charge in [-0.15, -0.1) is 10.2 Å². The van der Waals surface area contributed by atoms with Crippen molar-refractivity contribution in [2.24, 2.45) is 5.92 Å². The first-order valence-corrected chi connectivity index (χ1v) is 7.91. The number of pyridine rings is 1. The molecule has 7 heteroatoms. The number of amides is 1. The number of carbonyl (C=O) groups excluding carboxylic acids is 1. The molecular weight excluding hydrogens is 296 g/mol. The molecule has 3 rings (SSSR count). The highest BCUT2D eigenvalue weighted by Crippen LogP contribution is 2.13.